The average molecular weight is 388 g/mol. The second-order valence-electron chi connectivity index (χ2n) is 6.55. The van der Waals surface area contributed by atoms with Crippen LogP contribution in [-0.2, 0) is 6.54 Å². The van der Waals surface area contributed by atoms with E-state index in [4.69, 9.17) is 0 Å². The van der Waals surface area contributed by atoms with E-state index < -0.39 is 0 Å². The van der Waals surface area contributed by atoms with Gasteiger partial charge in [-0.3, -0.25) is 0 Å². The summed E-state index contributed by atoms with van der Waals surface area (Å²) in [5.41, 5.74) is 1.33. The van der Waals surface area contributed by atoms with Crippen molar-refractivity contribution in [2.75, 3.05) is 31.5 Å². The van der Waals surface area contributed by atoms with Gasteiger partial charge < -0.3 is 20.4 Å². The zero-order valence-corrected chi connectivity index (χ0v) is 15.3. The number of nitrogens with one attached hydrogen (secondary N) is 2. The lowest BCUT2D eigenvalue weighted by atomic mass is 10.2. The van der Waals surface area contributed by atoms with Crippen LogP contribution in [0.4, 0.5) is 24.1 Å². The molecule has 148 valence electrons. The van der Waals surface area contributed by atoms with Crippen molar-refractivity contribution in [1.29, 1.82) is 0 Å². The Bertz CT molecular complexity index is 812. The smallest absolute Gasteiger partial charge is 0.321 e. The quantitative estimate of drug-likeness (QED) is 0.846. The minimum absolute atomic E-state index is 0.217. The standard InChI is InChI=1S/C20H22F2N4O2/c21-16-4-2-15(3-5-16)14-23-19(27)25-10-1-11-26(13-12-25)20(28)24-18-8-6-17(22)7-9-18/h2-9H,1,10-14H2,(H,23,27)(H,24,28). The zero-order valence-electron chi connectivity index (χ0n) is 15.3. The summed E-state index contributed by atoms with van der Waals surface area (Å²) >= 11 is 0. The number of benzene rings is 2. The number of urea groups is 2. The predicted molar refractivity (Wildman–Crippen MR) is 102 cm³/mol. The molecule has 0 aliphatic carbocycles. The molecule has 1 fully saturated rings. The van der Waals surface area contributed by atoms with Crippen molar-refractivity contribution in [3.05, 3.63) is 65.7 Å². The lowest BCUT2D eigenvalue weighted by molar-refractivity contribution is 0.195. The summed E-state index contributed by atoms with van der Waals surface area (Å²) in [4.78, 5) is 28.1. The number of hydrogen-bond acceptors (Lipinski definition) is 2. The number of anilines is 1. The van der Waals surface area contributed by atoms with Gasteiger partial charge in [-0.1, -0.05) is 12.1 Å². The summed E-state index contributed by atoms with van der Waals surface area (Å²) in [5.74, 6) is -0.684. The summed E-state index contributed by atoms with van der Waals surface area (Å²) in [6, 6.07) is 11.0. The number of nitrogens with zero attached hydrogens (tertiary/aromatic N) is 2. The molecule has 0 radical (unpaired) electrons. The molecule has 0 atom stereocenters. The predicted octanol–water partition coefficient (Wildman–Crippen LogP) is 3.41. The molecule has 4 amide bonds. The Morgan fingerprint density at radius 3 is 1.93 bits per heavy atom. The van der Waals surface area contributed by atoms with Crippen LogP contribution in [0.2, 0.25) is 0 Å². The van der Waals surface area contributed by atoms with E-state index >= 15 is 0 Å². The maximum Gasteiger partial charge on any atom is 0.321 e. The van der Waals surface area contributed by atoms with Crippen LogP contribution in [0.5, 0.6) is 0 Å². The summed E-state index contributed by atoms with van der Waals surface area (Å²) in [6.45, 7) is 2.18. The molecule has 1 aliphatic heterocycles. The molecule has 0 aromatic heterocycles. The highest BCUT2D eigenvalue weighted by Gasteiger charge is 2.22. The van der Waals surface area contributed by atoms with Crippen LogP contribution in [0.3, 0.4) is 0 Å². The van der Waals surface area contributed by atoms with E-state index in [1.54, 1.807) is 21.9 Å². The van der Waals surface area contributed by atoms with Gasteiger partial charge >= 0.3 is 12.1 Å². The Balaban J connectivity index is 1.48. The number of carbonyl (C=O) groups is 2. The fourth-order valence-electron chi connectivity index (χ4n) is 2.95. The molecule has 0 bridgehead atoms. The van der Waals surface area contributed by atoms with Crippen molar-refractivity contribution in [3.8, 4) is 0 Å². The molecular weight excluding hydrogens is 366 g/mol. The first-order chi connectivity index (χ1) is 13.5. The molecule has 0 saturated carbocycles. The molecule has 1 aliphatic rings. The molecule has 3 rings (SSSR count). The second kappa shape index (κ2) is 9.16. The van der Waals surface area contributed by atoms with Crippen molar-refractivity contribution in [2.45, 2.75) is 13.0 Å². The van der Waals surface area contributed by atoms with Gasteiger partial charge in [-0.15, -0.1) is 0 Å². The lowest BCUT2D eigenvalue weighted by Crippen LogP contribution is -2.43. The van der Waals surface area contributed by atoms with Gasteiger partial charge in [0.15, 0.2) is 0 Å². The number of halogens is 2. The molecule has 0 spiro atoms. The number of hydrogen-bond donors (Lipinski definition) is 2. The van der Waals surface area contributed by atoms with Crippen molar-refractivity contribution in [3.63, 3.8) is 0 Å². The minimum Gasteiger partial charge on any atom is -0.334 e. The molecule has 2 aromatic rings. The van der Waals surface area contributed by atoms with Gasteiger partial charge in [0.05, 0.1) is 0 Å². The fourth-order valence-corrected chi connectivity index (χ4v) is 2.95. The summed E-state index contributed by atoms with van der Waals surface area (Å²) < 4.78 is 25.9. The first-order valence-electron chi connectivity index (χ1n) is 9.10. The zero-order chi connectivity index (χ0) is 19.9. The van der Waals surface area contributed by atoms with Gasteiger partial charge in [-0.05, 0) is 48.4 Å². The third kappa shape index (κ3) is 5.42. The highest BCUT2D eigenvalue weighted by atomic mass is 19.1. The van der Waals surface area contributed by atoms with Crippen molar-refractivity contribution in [2.24, 2.45) is 0 Å². The molecule has 2 aromatic carbocycles. The van der Waals surface area contributed by atoms with Crippen LogP contribution in [0, 0.1) is 11.6 Å². The SMILES string of the molecule is O=C(NCc1ccc(F)cc1)N1CCCN(C(=O)Nc2ccc(F)cc2)CC1. The summed E-state index contributed by atoms with van der Waals surface area (Å²) in [6.07, 6.45) is 0.654. The van der Waals surface area contributed by atoms with Gasteiger partial charge in [0, 0.05) is 38.4 Å². The maximum atomic E-state index is 13.0. The van der Waals surface area contributed by atoms with Gasteiger partial charge in [0.1, 0.15) is 11.6 Å². The van der Waals surface area contributed by atoms with Crippen molar-refractivity contribution >= 4 is 17.7 Å². The van der Waals surface area contributed by atoms with E-state index in [1.165, 1.54) is 36.4 Å². The highest BCUT2D eigenvalue weighted by Crippen LogP contribution is 2.11. The normalized spacial score (nSPS) is 14.4. The fraction of sp³-hybridized carbons (Fsp3) is 0.300. The van der Waals surface area contributed by atoms with Gasteiger partial charge in [-0.2, -0.15) is 0 Å². The van der Waals surface area contributed by atoms with Crippen molar-refractivity contribution < 1.29 is 18.4 Å². The van der Waals surface area contributed by atoms with Crippen molar-refractivity contribution in [1.82, 2.24) is 15.1 Å². The van der Waals surface area contributed by atoms with Crippen LogP contribution in [0.15, 0.2) is 48.5 Å². The van der Waals surface area contributed by atoms with Gasteiger partial charge in [0.2, 0.25) is 0 Å². The average Bonchev–Trinajstić information content (AvgIpc) is 2.95. The molecule has 8 heteroatoms. The number of rotatable bonds is 3. The Morgan fingerprint density at radius 2 is 1.32 bits per heavy atom. The first-order valence-corrected chi connectivity index (χ1v) is 9.10. The summed E-state index contributed by atoms with van der Waals surface area (Å²) in [5, 5.41) is 5.55. The Hall–Kier alpha value is -3.16. The Labute approximate surface area is 162 Å². The summed E-state index contributed by atoms with van der Waals surface area (Å²) in [7, 11) is 0. The molecular formula is C20H22F2N4O2. The lowest BCUT2D eigenvalue weighted by Gasteiger charge is -2.22. The van der Waals surface area contributed by atoms with Gasteiger partial charge in [-0.25, -0.2) is 18.4 Å². The topological polar surface area (TPSA) is 64.7 Å². The van der Waals surface area contributed by atoms with E-state index in [0.29, 0.717) is 44.8 Å². The van der Waals surface area contributed by atoms with Crippen LogP contribution in [-0.4, -0.2) is 48.0 Å². The van der Waals surface area contributed by atoms with E-state index in [9.17, 15) is 18.4 Å². The minimum atomic E-state index is -0.366. The largest absolute Gasteiger partial charge is 0.334 e. The van der Waals surface area contributed by atoms with Gasteiger partial charge in [0.25, 0.3) is 0 Å². The molecule has 1 saturated heterocycles. The van der Waals surface area contributed by atoms with Crippen LogP contribution in [0.1, 0.15) is 12.0 Å². The monoisotopic (exact) mass is 388 g/mol. The third-order valence-corrected chi connectivity index (χ3v) is 4.52. The van der Waals surface area contributed by atoms with Crippen LogP contribution < -0.4 is 10.6 Å². The highest BCUT2D eigenvalue weighted by molar-refractivity contribution is 5.89. The molecule has 28 heavy (non-hydrogen) atoms. The Morgan fingerprint density at radius 1 is 0.786 bits per heavy atom. The third-order valence-electron chi connectivity index (χ3n) is 4.52. The molecule has 6 nitrogen and oxygen atoms in total. The van der Waals surface area contributed by atoms with E-state index in [-0.39, 0.29) is 23.7 Å². The van der Waals surface area contributed by atoms with E-state index in [0.717, 1.165) is 5.56 Å². The maximum absolute atomic E-state index is 13.0. The second-order valence-corrected chi connectivity index (χ2v) is 6.55. The molecule has 0 unspecified atom stereocenters. The van der Waals surface area contributed by atoms with E-state index in [1.807, 2.05) is 0 Å². The van der Waals surface area contributed by atoms with Crippen LogP contribution in [0.25, 0.3) is 0 Å². The first kappa shape index (κ1) is 19.6. The van der Waals surface area contributed by atoms with Crippen LogP contribution >= 0.6 is 0 Å². The molecule has 2 N–H and O–H groups in total. The molecule has 1 heterocycles. The number of amides is 4. The van der Waals surface area contributed by atoms with E-state index in [2.05, 4.69) is 10.6 Å². The number of carbonyl (C=O) groups excluding carboxylic acids is 2. The Kier molecular flexibility index (Phi) is 6.41.